The van der Waals surface area contributed by atoms with E-state index in [9.17, 15) is 22.8 Å². The normalized spacial score (nSPS) is 14.7. The number of nitrogens with one attached hydrogen (secondary N) is 2. The van der Waals surface area contributed by atoms with E-state index in [0.29, 0.717) is 11.8 Å². The van der Waals surface area contributed by atoms with Gasteiger partial charge in [0.25, 0.3) is 0 Å². The van der Waals surface area contributed by atoms with Gasteiger partial charge in [-0.15, -0.1) is 0 Å². The van der Waals surface area contributed by atoms with Crippen molar-refractivity contribution in [1.29, 1.82) is 5.26 Å². The molecule has 1 saturated carbocycles. The molecule has 0 aromatic carbocycles. The fourth-order valence-electron chi connectivity index (χ4n) is 2.67. The molecule has 1 heterocycles. The van der Waals surface area contributed by atoms with E-state index in [-0.39, 0.29) is 22.5 Å². The summed E-state index contributed by atoms with van der Waals surface area (Å²) in [5.41, 5.74) is -1.64. The number of hydrogen-bond acceptors (Lipinski definition) is 5. The Balaban J connectivity index is 2.00. The maximum Gasteiger partial charge on any atom is 0.417 e. The molecule has 1 aromatic rings. The number of aromatic nitrogens is 1. The number of imide groups is 1. The maximum absolute atomic E-state index is 13.0. The first-order valence-electron chi connectivity index (χ1n) is 7.92. The van der Waals surface area contributed by atoms with Crippen LogP contribution in [0.15, 0.2) is 11.1 Å². The fourth-order valence-corrected chi connectivity index (χ4v) is 3.52. The van der Waals surface area contributed by atoms with E-state index in [4.69, 9.17) is 5.26 Å². The molecular formula is C16H17F3N4O2S. The first-order valence-corrected chi connectivity index (χ1v) is 8.91. The SMILES string of the molecule is Cc1cc(C(F)(F)F)c(C#N)c(SCC(=O)NC(=O)NC2CCCC2)n1. The van der Waals surface area contributed by atoms with Crippen LogP contribution in [-0.4, -0.2) is 28.7 Å². The summed E-state index contributed by atoms with van der Waals surface area (Å²) in [5.74, 6) is -1.01. The van der Waals surface area contributed by atoms with Gasteiger partial charge in [-0.25, -0.2) is 9.78 Å². The summed E-state index contributed by atoms with van der Waals surface area (Å²) in [6, 6.07) is 1.69. The largest absolute Gasteiger partial charge is 0.417 e. The van der Waals surface area contributed by atoms with Gasteiger partial charge >= 0.3 is 12.2 Å². The molecule has 0 bridgehead atoms. The third kappa shape index (κ3) is 5.36. The Kier molecular flexibility index (Phi) is 6.47. The van der Waals surface area contributed by atoms with Crippen molar-refractivity contribution < 1.29 is 22.8 Å². The van der Waals surface area contributed by atoms with Crippen LogP contribution in [0, 0.1) is 18.3 Å². The number of nitriles is 1. The number of aryl methyl sites for hydroxylation is 1. The Morgan fingerprint density at radius 1 is 1.38 bits per heavy atom. The lowest BCUT2D eigenvalue weighted by molar-refractivity contribution is -0.138. The highest BCUT2D eigenvalue weighted by Gasteiger charge is 2.35. The molecule has 0 atom stereocenters. The summed E-state index contributed by atoms with van der Waals surface area (Å²) in [5, 5.41) is 13.7. The van der Waals surface area contributed by atoms with Gasteiger partial charge in [-0.05, 0) is 25.8 Å². The van der Waals surface area contributed by atoms with E-state index in [0.717, 1.165) is 31.7 Å². The van der Waals surface area contributed by atoms with Gasteiger partial charge in [0, 0.05) is 11.7 Å². The molecule has 140 valence electrons. The highest BCUT2D eigenvalue weighted by Crippen LogP contribution is 2.35. The molecule has 0 radical (unpaired) electrons. The zero-order chi connectivity index (χ0) is 19.3. The molecule has 0 spiro atoms. The number of hydrogen-bond donors (Lipinski definition) is 2. The molecule has 1 aliphatic rings. The van der Waals surface area contributed by atoms with E-state index in [1.807, 2.05) is 0 Å². The highest BCUT2D eigenvalue weighted by atomic mass is 32.2. The van der Waals surface area contributed by atoms with Crippen LogP contribution in [0.5, 0.6) is 0 Å². The smallest absolute Gasteiger partial charge is 0.335 e. The summed E-state index contributed by atoms with van der Waals surface area (Å²) in [6.45, 7) is 1.37. The van der Waals surface area contributed by atoms with Crippen molar-refractivity contribution in [3.05, 3.63) is 22.9 Å². The molecule has 26 heavy (non-hydrogen) atoms. The van der Waals surface area contributed by atoms with Crippen LogP contribution in [-0.2, 0) is 11.0 Å². The summed E-state index contributed by atoms with van der Waals surface area (Å²) < 4.78 is 39.1. The quantitative estimate of drug-likeness (QED) is 0.775. The van der Waals surface area contributed by atoms with Crippen LogP contribution in [0.2, 0.25) is 0 Å². The van der Waals surface area contributed by atoms with Crippen molar-refractivity contribution in [2.75, 3.05) is 5.75 Å². The highest BCUT2D eigenvalue weighted by molar-refractivity contribution is 8.00. The molecular weight excluding hydrogens is 369 g/mol. The third-order valence-corrected chi connectivity index (χ3v) is 4.79. The fraction of sp³-hybridized carbons (Fsp3) is 0.500. The van der Waals surface area contributed by atoms with Crippen molar-refractivity contribution in [3.63, 3.8) is 0 Å². The lowest BCUT2D eigenvalue weighted by atomic mass is 10.1. The minimum atomic E-state index is -4.70. The van der Waals surface area contributed by atoms with Crippen molar-refractivity contribution in [3.8, 4) is 6.07 Å². The molecule has 0 saturated heterocycles. The van der Waals surface area contributed by atoms with E-state index >= 15 is 0 Å². The second-order valence-corrected chi connectivity index (χ2v) is 6.86. The van der Waals surface area contributed by atoms with Gasteiger partial charge in [-0.2, -0.15) is 18.4 Å². The number of alkyl halides is 3. The van der Waals surface area contributed by atoms with Gasteiger partial charge in [0.2, 0.25) is 5.91 Å². The van der Waals surface area contributed by atoms with Crippen LogP contribution in [0.3, 0.4) is 0 Å². The number of halogens is 3. The lowest BCUT2D eigenvalue weighted by Gasteiger charge is -2.13. The van der Waals surface area contributed by atoms with E-state index in [1.165, 1.54) is 13.0 Å². The summed E-state index contributed by atoms with van der Waals surface area (Å²) in [7, 11) is 0. The van der Waals surface area contributed by atoms with E-state index in [2.05, 4.69) is 15.6 Å². The standard InChI is InChI=1S/C16H17F3N4O2S/c1-9-6-12(16(17,18)19)11(7-20)14(21-9)26-8-13(24)23-15(25)22-10-4-2-3-5-10/h6,10H,2-5,8H2,1H3,(H2,22,23,24,25). The topological polar surface area (TPSA) is 94.9 Å². The number of urea groups is 1. The maximum atomic E-state index is 13.0. The number of carbonyl (C=O) groups excluding carboxylic acids is 2. The van der Waals surface area contributed by atoms with Crippen molar-refractivity contribution >= 4 is 23.7 Å². The Bertz CT molecular complexity index is 740. The monoisotopic (exact) mass is 386 g/mol. The van der Waals surface area contributed by atoms with Crippen LogP contribution in [0.4, 0.5) is 18.0 Å². The number of rotatable bonds is 4. The zero-order valence-corrected chi connectivity index (χ0v) is 14.8. The number of carbonyl (C=O) groups is 2. The Morgan fingerprint density at radius 3 is 2.62 bits per heavy atom. The van der Waals surface area contributed by atoms with Gasteiger partial charge in [0.1, 0.15) is 11.1 Å². The minimum absolute atomic E-state index is 0.0356. The second-order valence-electron chi connectivity index (χ2n) is 5.89. The lowest BCUT2D eigenvalue weighted by Crippen LogP contribution is -2.44. The van der Waals surface area contributed by atoms with Crippen molar-refractivity contribution in [1.82, 2.24) is 15.6 Å². The number of thioether (sulfide) groups is 1. The van der Waals surface area contributed by atoms with Gasteiger partial charge in [-0.3, -0.25) is 10.1 Å². The molecule has 1 fully saturated rings. The van der Waals surface area contributed by atoms with Gasteiger partial charge in [0.05, 0.1) is 16.9 Å². The van der Waals surface area contributed by atoms with Crippen LogP contribution < -0.4 is 10.6 Å². The molecule has 2 N–H and O–H groups in total. The third-order valence-electron chi connectivity index (χ3n) is 3.81. The zero-order valence-electron chi connectivity index (χ0n) is 13.9. The predicted octanol–water partition coefficient (Wildman–Crippen LogP) is 3.14. The Labute approximate surface area is 152 Å². The minimum Gasteiger partial charge on any atom is -0.335 e. The van der Waals surface area contributed by atoms with Crippen molar-refractivity contribution in [2.24, 2.45) is 0 Å². The van der Waals surface area contributed by atoms with Crippen molar-refractivity contribution in [2.45, 2.75) is 49.9 Å². The average Bonchev–Trinajstić information content (AvgIpc) is 3.04. The van der Waals surface area contributed by atoms with E-state index < -0.39 is 29.2 Å². The second kappa shape index (κ2) is 8.40. The van der Waals surface area contributed by atoms with Gasteiger partial charge in [0.15, 0.2) is 0 Å². The number of pyridine rings is 1. The van der Waals surface area contributed by atoms with Gasteiger partial charge in [-0.1, -0.05) is 24.6 Å². The first-order chi connectivity index (χ1) is 12.2. The van der Waals surface area contributed by atoms with Crippen LogP contribution >= 0.6 is 11.8 Å². The number of nitrogens with zero attached hydrogens (tertiary/aromatic N) is 2. The predicted molar refractivity (Wildman–Crippen MR) is 88.3 cm³/mol. The molecule has 6 nitrogen and oxygen atoms in total. The molecule has 3 amide bonds. The number of amides is 3. The first kappa shape index (κ1) is 20.0. The molecule has 0 unspecified atom stereocenters. The molecule has 2 rings (SSSR count). The summed E-state index contributed by atoms with van der Waals surface area (Å²) in [4.78, 5) is 27.5. The van der Waals surface area contributed by atoms with Crippen LogP contribution in [0.25, 0.3) is 0 Å². The Morgan fingerprint density at radius 2 is 2.04 bits per heavy atom. The molecule has 0 aliphatic heterocycles. The summed E-state index contributed by atoms with van der Waals surface area (Å²) in [6.07, 6.45) is -0.944. The molecule has 10 heteroatoms. The molecule has 1 aliphatic carbocycles. The average molecular weight is 386 g/mol. The Hall–Kier alpha value is -2.28. The van der Waals surface area contributed by atoms with E-state index in [1.54, 1.807) is 0 Å². The van der Waals surface area contributed by atoms with Crippen LogP contribution in [0.1, 0.15) is 42.5 Å². The summed E-state index contributed by atoms with van der Waals surface area (Å²) >= 11 is 0.683. The van der Waals surface area contributed by atoms with Gasteiger partial charge < -0.3 is 5.32 Å². The molecule has 1 aromatic heterocycles.